The van der Waals surface area contributed by atoms with Crippen molar-refractivity contribution in [3.05, 3.63) is 0 Å². The molecule has 1 fully saturated rings. The van der Waals surface area contributed by atoms with E-state index in [0.717, 1.165) is 17.3 Å². The highest BCUT2D eigenvalue weighted by Gasteiger charge is 2.27. The SMILES string of the molecule is O=C1CCC(=O)N1CCCCI. The van der Waals surface area contributed by atoms with Crippen molar-refractivity contribution in [3.63, 3.8) is 0 Å². The van der Waals surface area contributed by atoms with E-state index in [9.17, 15) is 9.59 Å². The van der Waals surface area contributed by atoms with Crippen LogP contribution in [0.15, 0.2) is 0 Å². The lowest BCUT2D eigenvalue weighted by atomic mass is 10.3. The highest BCUT2D eigenvalue weighted by molar-refractivity contribution is 14.1. The lowest BCUT2D eigenvalue weighted by Crippen LogP contribution is -2.29. The molecule has 1 aliphatic heterocycles. The molecule has 0 aliphatic carbocycles. The van der Waals surface area contributed by atoms with Crippen molar-refractivity contribution in [2.45, 2.75) is 25.7 Å². The molecule has 0 aromatic heterocycles. The maximum Gasteiger partial charge on any atom is 0.229 e. The van der Waals surface area contributed by atoms with Crippen LogP contribution in [-0.4, -0.2) is 27.7 Å². The second kappa shape index (κ2) is 4.79. The molecule has 0 saturated carbocycles. The number of amides is 2. The van der Waals surface area contributed by atoms with Crippen LogP contribution >= 0.6 is 22.6 Å². The van der Waals surface area contributed by atoms with Crippen LogP contribution in [0.4, 0.5) is 0 Å². The van der Waals surface area contributed by atoms with Gasteiger partial charge in [-0.25, -0.2) is 0 Å². The van der Waals surface area contributed by atoms with Crippen LogP contribution in [0.5, 0.6) is 0 Å². The molecular weight excluding hydrogens is 269 g/mol. The van der Waals surface area contributed by atoms with Gasteiger partial charge in [0.1, 0.15) is 0 Å². The molecule has 0 N–H and O–H groups in total. The number of likely N-dealkylation sites (tertiary alicyclic amines) is 1. The van der Waals surface area contributed by atoms with E-state index in [2.05, 4.69) is 22.6 Å². The highest BCUT2D eigenvalue weighted by Crippen LogP contribution is 2.12. The molecular formula is C8H12INO2. The van der Waals surface area contributed by atoms with Gasteiger partial charge in [0.05, 0.1) is 0 Å². The lowest BCUT2D eigenvalue weighted by molar-refractivity contribution is -0.138. The third-order valence-electron chi connectivity index (χ3n) is 1.92. The maximum atomic E-state index is 11.1. The molecule has 1 rings (SSSR count). The first-order chi connectivity index (χ1) is 5.75. The number of imide groups is 1. The third kappa shape index (κ3) is 2.43. The highest BCUT2D eigenvalue weighted by atomic mass is 127. The summed E-state index contributed by atoms with van der Waals surface area (Å²) in [6.45, 7) is 0.626. The Hall–Kier alpha value is -0.130. The van der Waals surface area contributed by atoms with Gasteiger partial charge in [-0.15, -0.1) is 0 Å². The summed E-state index contributed by atoms with van der Waals surface area (Å²) in [7, 11) is 0. The van der Waals surface area contributed by atoms with Crippen LogP contribution < -0.4 is 0 Å². The first-order valence-corrected chi connectivity index (χ1v) is 5.67. The number of hydrogen-bond acceptors (Lipinski definition) is 2. The van der Waals surface area contributed by atoms with Crippen LogP contribution in [0.3, 0.4) is 0 Å². The summed E-state index contributed by atoms with van der Waals surface area (Å²) >= 11 is 2.30. The minimum absolute atomic E-state index is 0.00783. The summed E-state index contributed by atoms with van der Waals surface area (Å²) in [5, 5.41) is 0. The molecule has 1 heterocycles. The predicted octanol–water partition coefficient (Wildman–Crippen LogP) is 1.35. The molecule has 0 spiro atoms. The fraction of sp³-hybridized carbons (Fsp3) is 0.750. The molecule has 68 valence electrons. The van der Waals surface area contributed by atoms with E-state index < -0.39 is 0 Å². The Morgan fingerprint density at radius 1 is 1.17 bits per heavy atom. The monoisotopic (exact) mass is 281 g/mol. The fourth-order valence-corrected chi connectivity index (χ4v) is 1.78. The number of nitrogens with zero attached hydrogens (tertiary/aromatic N) is 1. The van der Waals surface area contributed by atoms with Gasteiger partial charge in [0.25, 0.3) is 0 Å². The molecule has 3 nitrogen and oxygen atoms in total. The van der Waals surface area contributed by atoms with E-state index in [1.54, 1.807) is 0 Å². The van der Waals surface area contributed by atoms with Crippen LogP contribution in [-0.2, 0) is 9.59 Å². The van der Waals surface area contributed by atoms with Gasteiger partial charge in [-0.3, -0.25) is 14.5 Å². The van der Waals surface area contributed by atoms with E-state index in [4.69, 9.17) is 0 Å². The van der Waals surface area contributed by atoms with E-state index in [1.165, 1.54) is 4.90 Å². The molecule has 0 bridgehead atoms. The fourth-order valence-electron chi connectivity index (χ4n) is 1.24. The smallest absolute Gasteiger partial charge is 0.229 e. The Bertz CT molecular complexity index is 177. The normalized spacial score (nSPS) is 17.6. The number of halogens is 1. The Kier molecular flexibility index (Phi) is 3.97. The van der Waals surface area contributed by atoms with Crippen molar-refractivity contribution >= 4 is 34.4 Å². The van der Waals surface area contributed by atoms with Gasteiger partial charge in [0.2, 0.25) is 11.8 Å². The molecule has 4 heteroatoms. The Balaban J connectivity index is 2.30. The van der Waals surface area contributed by atoms with Gasteiger partial charge in [-0.05, 0) is 17.3 Å². The molecule has 1 saturated heterocycles. The molecule has 0 aromatic rings. The van der Waals surface area contributed by atoms with Gasteiger partial charge in [0.15, 0.2) is 0 Å². The summed E-state index contributed by atoms with van der Waals surface area (Å²) in [4.78, 5) is 23.6. The number of alkyl halides is 1. The number of carbonyl (C=O) groups excluding carboxylic acids is 2. The first kappa shape index (κ1) is 9.95. The maximum absolute atomic E-state index is 11.1. The molecule has 0 atom stereocenters. The van der Waals surface area contributed by atoms with Gasteiger partial charge >= 0.3 is 0 Å². The summed E-state index contributed by atoms with van der Waals surface area (Å²) in [6.07, 6.45) is 2.87. The molecule has 0 radical (unpaired) electrons. The zero-order valence-corrected chi connectivity index (χ0v) is 9.04. The number of rotatable bonds is 4. The minimum Gasteiger partial charge on any atom is -0.283 e. The van der Waals surface area contributed by atoms with Crippen LogP contribution in [0.2, 0.25) is 0 Å². The minimum atomic E-state index is 0.00783. The second-order valence-electron chi connectivity index (χ2n) is 2.84. The molecule has 0 unspecified atom stereocenters. The average Bonchev–Trinajstić information content (AvgIpc) is 2.35. The van der Waals surface area contributed by atoms with Gasteiger partial charge in [-0.1, -0.05) is 22.6 Å². The van der Waals surface area contributed by atoms with Gasteiger partial charge in [0, 0.05) is 19.4 Å². The van der Waals surface area contributed by atoms with E-state index in [1.807, 2.05) is 0 Å². The van der Waals surface area contributed by atoms with Crippen molar-refractivity contribution < 1.29 is 9.59 Å². The molecule has 12 heavy (non-hydrogen) atoms. The molecule has 1 aliphatic rings. The van der Waals surface area contributed by atoms with Crippen LogP contribution in [0.1, 0.15) is 25.7 Å². The Morgan fingerprint density at radius 2 is 1.75 bits per heavy atom. The lowest BCUT2D eigenvalue weighted by Gasteiger charge is -2.12. The standard InChI is InChI=1S/C8H12INO2/c9-5-1-2-6-10-7(11)3-4-8(10)12/h1-6H2. The number of hydrogen-bond donors (Lipinski definition) is 0. The van der Waals surface area contributed by atoms with Gasteiger partial charge in [-0.2, -0.15) is 0 Å². The summed E-state index contributed by atoms with van der Waals surface area (Å²) in [6, 6.07) is 0. The zero-order valence-electron chi connectivity index (χ0n) is 6.88. The predicted molar refractivity (Wildman–Crippen MR) is 54.1 cm³/mol. The summed E-state index contributed by atoms with van der Waals surface area (Å²) in [5.41, 5.74) is 0. The number of unbranched alkanes of at least 4 members (excludes halogenated alkanes) is 1. The van der Waals surface area contributed by atoms with E-state index in [-0.39, 0.29) is 11.8 Å². The van der Waals surface area contributed by atoms with E-state index >= 15 is 0 Å². The third-order valence-corrected chi connectivity index (χ3v) is 2.68. The van der Waals surface area contributed by atoms with Crippen molar-refractivity contribution in [2.75, 3.05) is 11.0 Å². The van der Waals surface area contributed by atoms with Crippen LogP contribution in [0.25, 0.3) is 0 Å². The summed E-state index contributed by atoms with van der Waals surface area (Å²) < 4.78 is 1.09. The van der Waals surface area contributed by atoms with Crippen LogP contribution in [0, 0.1) is 0 Å². The van der Waals surface area contributed by atoms with Crippen molar-refractivity contribution in [3.8, 4) is 0 Å². The van der Waals surface area contributed by atoms with Crippen molar-refractivity contribution in [2.24, 2.45) is 0 Å². The number of carbonyl (C=O) groups is 2. The quantitative estimate of drug-likeness (QED) is 0.337. The topological polar surface area (TPSA) is 37.4 Å². The largest absolute Gasteiger partial charge is 0.283 e. The second-order valence-corrected chi connectivity index (χ2v) is 3.91. The van der Waals surface area contributed by atoms with Crippen molar-refractivity contribution in [1.29, 1.82) is 0 Å². The Morgan fingerprint density at radius 3 is 2.25 bits per heavy atom. The van der Waals surface area contributed by atoms with Gasteiger partial charge < -0.3 is 0 Å². The van der Waals surface area contributed by atoms with Crippen molar-refractivity contribution in [1.82, 2.24) is 4.90 Å². The first-order valence-electron chi connectivity index (χ1n) is 4.15. The Labute approximate surface area is 85.6 Å². The summed E-state index contributed by atoms with van der Waals surface area (Å²) in [5.74, 6) is 0.0157. The molecule has 2 amide bonds. The average molecular weight is 281 g/mol. The zero-order chi connectivity index (χ0) is 8.97. The molecule has 0 aromatic carbocycles. The van der Waals surface area contributed by atoms with E-state index in [0.29, 0.717) is 19.4 Å².